The van der Waals surface area contributed by atoms with Gasteiger partial charge in [-0.2, -0.15) is 0 Å². The highest BCUT2D eigenvalue weighted by Crippen LogP contribution is 2.31. The normalized spacial score (nSPS) is 11.4. The first-order valence-electron chi connectivity index (χ1n) is 7.34. The van der Waals surface area contributed by atoms with Crippen LogP contribution in [0.4, 0.5) is 10.1 Å². The number of carbonyl (C=O) groups is 1. The summed E-state index contributed by atoms with van der Waals surface area (Å²) in [5.74, 6) is -0.552. The van der Waals surface area contributed by atoms with Gasteiger partial charge in [0.05, 0.1) is 10.6 Å². The lowest BCUT2D eigenvalue weighted by Crippen LogP contribution is -2.34. The number of benzene rings is 3. The Morgan fingerprint density at radius 3 is 2.28 bits per heavy atom. The van der Waals surface area contributed by atoms with E-state index in [9.17, 15) is 17.6 Å². The summed E-state index contributed by atoms with van der Waals surface area (Å²) >= 11 is 5.49. The molecule has 0 saturated carbocycles. The number of fused-ring (bicyclic) bond motifs is 1. The molecule has 0 spiro atoms. The van der Waals surface area contributed by atoms with Gasteiger partial charge in [-0.1, -0.05) is 36.4 Å². The maximum Gasteiger partial charge on any atom is 0.264 e. The van der Waals surface area contributed by atoms with E-state index >= 15 is 0 Å². The molecule has 0 bridgehead atoms. The van der Waals surface area contributed by atoms with Gasteiger partial charge in [-0.3, -0.25) is 9.10 Å². The molecule has 3 rings (SSSR count). The van der Waals surface area contributed by atoms with E-state index in [1.165, 1.54) is 0 Å². The summed E-state index contributed by atoms with van der Waals surface area (Å²) < 4.78 is 40.1. The van der Waals surface area contributed by atoms with Crippen LogP contribution in [0, 0.1) is 5.82 Å². The minimum atomic E-state index is -4.10. The fourth-order valence-electron chi connectivity index (χ4n) is 2.57. The number of rotatable bonds is 5. The number of sulfonamides is 1. The van der Waals surface area contributed by atoms with Crippen LogP contribution >= 0.6 is 11.6 Å². The minimum Gasteiger partial charge on any atom is -0.279 e. The summed E-state index contributed by atoms with van der Waals surface area (Å²) in [7, 11) is -4.10. The van der Waals surface area contributed by atoms with Crippen LogP contribution in [0.15, 0.2) is 71.6 Å². The first kappa shape index (κ1) is 17.4. The third-order valence-electron chi connectivity index (χ3n) is 3.70. The third-order valence-corrected chi connectivity index (χ3v) is 5.60. The molecule has 25 heavy (non-hydrogen) atoms. The van der Waals surface area contributed by atoms with Crippen molar-refractivity contribution in [3.63, 3.8) is 0 Å². The van der Waals surface area contributed by atoms with Gasteiger partial charge in [0.25, 0.3) is 10.0 Å². The molecule has 0 aliphatic heterocycles. The van der Waals surface area contributed by atoms with E-state index in [2.05, 4.69) is 0 Å². The highest BCUT2D eigenvalue weighted by molar-refractivity contribution is 7.92. The van der Waals surface area contributed by atoms with Gasteiger partial charge in [0.15, 0.2) is 0 Å². The number of hydrogen-bond acceptors (Lipinski definition) is 3. The van der Waals surface area contributed by atoms with E-state index in [0.717, 1.165) is 34.0 Å². The van der Waals surface area contributed by atoms with Crippen LogP contribution in [0.25, 0.3) is 10.8 Å². The molecule has 0 heterocycles. The molecule has 0 N–H and O–H groups in total. The number of halogens is 2. The Labute approximate surface area is 149 Å². The van der Waals surface area contributed by atoms with Crippen molar-refractivity contribution in [2.24, 2.45) is 0 Å². The van der Waals surface area contributed by atoms with Gasteiger partial charge in [0, 0.05) is 5.39 Å². The van der Waals surface area contributed by atoms with Crippen molar-refractivity contribution in [1.29, 1.82) is 0 Å². The van der Waals surface area contributed by atoms with Gasteiger partial charge in [0.2, 0.25) is 5.24 Å². The van der Waals surface area contributed by atoms with Crippen LogP contribution in [-0.4, -0.2) is 20.2 Å². The van der Waals surface area contributed by atoms with Crippen LogP contribution in [0.1, 0.15) is 0 Å². The molecule has 3 aromatic carbocycles. The molecule has 4 nitrogen and oxygen atoms in total. The fourth-order valence-corrected chi connectivity index (χ4v) is 4.20. The molecule has 0 radical (unpaired) electrons. The van der Waals surface area contributed by atoms with Crippen molar-refractivity contribution in [2.45, 2.75) is 4.90 Å². The van der Waals surface area contributed by atoms with Gasteiger partial charge < -0.3 is 0 Å². The zero-order valence-corrected chi connectivity index (χ0v) is 14.5. The van der Waals surface area contributed by atoms with Gasteiger partial charge in [0.1, 0.15) is 12.4 Å². The molecule has 0 saturated heterocycles. The van der Waals surface area contributed by atoms with Crippen molar-refractivity contribution < 1.29 is 17.6 Å². The van der Waals surface area contributed by atoms with Crippen LogP contribution in [-0.2, 0) is 14.8 Å². The minimum absolute atomic E-state index is 0.125. The third kappa shape index (κ3) is 3.50. The molecule has 3 aromatic rings. The summed E-state index contributed by atoms with van der Waals surface area (Å²) in [5.41, 5.74) is 0.330. The molecule has 0 amide bonds. The number of hydrogen-bond donors (Lipinski definition) is 0. The Hall–Kier alpha value is -2.44. The zero-order chi connectivity index (χ0) is 18.0. The molecular weight excluding hydrogens is 365 g/mol. The van der Waals surface area contributed by atoms with Gasteiger partial charge >= 0.3 is 0 Å². The van der Waals surface area contributed by atoms with Crippen molar-refractivity contribution in [3.8, 4) is 0 Å². The van der Waals surface area contributed by atoms with Crippen LogP contribution in [0.5, 0.6) is 0 Å². The average molecular weight is 378 g/mol. The van der Waals surface area contributed by atoms with Crippen LogP contribution in [0.3, 0.4) is 0 Å². The standard InChI is InChI=1S/C18H13ClFNO3S/c19-18(22)12-21(25(23,24)15-10-8-14(20)9-11-15)17-7-3-5-13-4-1-2-6-16(13)17/h1-11H,12H2. The summed E-state index contributed by atoms with van der Waals surface area (Å²) in [5, 5.41) is 0.661. The lowest BCUT2D eigenvalue weighted by atomic mass is 10.1. The SMILES string of the molecule is O=C(Cl)CN(c1cccc2ccccc12)S(=O)(=O)c1ccc(F)cc1. The Bertz CT molecular complexity index is 1030. The second-order valence-electron chi connectivity index (χ2n) is 5.32. The highest BCUT2D eigenvalue weighted by atomic mass is 35.5. The highest BCUT2D eigenvalue weighted by Gasteiger charge is 2.27. The van der Waals surface area contributed by atoms with Gasteiger partial charge in [-0.05, 0) is 47.3 Å². The second-order valence-corrected chi connectivity index (χ2v) is 7.60. The molecule has 0 fully saturated rings. The predicted molar refractivity (Wildman–Crippen MR) is 95.7 cm³/mol. The first-order valence-corrected chi connectivity index (χ1v) is 9.16. The van der Waals surface area contributed by atoms with E-state index in [1.807, 2.05) is 18.2 Å². The lowest BCUT2D eigenvalue weighted by molar-refractivity contribution is -0.110. The summed E-state index contributed by atoms with van der Waals surface area (Å²) in [6.45, 7) is -0.532. The maximum atomic E-state index is 13.1. The average Bonchev–Trinajstić information content (AvgIpc) is 2.59. The molecule has 0 unspecified atom stereocenters. The fraction of sp³-hybridized carbons (Fsp3) is 0.0556. The van der Waals surface area contributed by atoms with Crippen molar-refractivity contribution in [3.05, 3.63) is 72.5 Å². The summed E-state index contributed by atoms with van der Waals surface area (Å²) in [6, 6.07) is 16.8. The second kappa shape index (κ2) is 6.82. The van der Waals surface area contributed by atoms with Crippen molar-refractivity contribution in [2.75, 3.05) is 10.8 Å². The molecule has 0 aliphatic rings. The first-order chi connectivity index (χ1) is 11.9. The van der Waals surface area contributed by atoms with Crippen LogP contribution < -0.4 is 4.31 Å². The molecule has 0 aliphatic carbocycles. The molecule has 0 aromatic heterocycles. The largest absolute Gasteiger partial charge is 0.279 e. The smallest absolute Gasteiger partial charge is 0.264 e. The predicted octanol–water partition coefficient (Wildman–Crippen LogP) is 3.94. The maximum absolute atomic E-state index is 13.1. The Morgan fingerprint density at radius 1 is 0.960 bits per heavy atom. The Kier molecular flexibility index (Phi) is 4.74. The number of anilines is 1. The molecule has 0 atom stereocenters. The summed E-state index contributed by atoms with van der Waals surface area (Å²) in [4.78, 5) is 11.4. The van der Waals surface area contributed by atoms with E-state index in [1.54, 1.807) is 24.3 Å². The van der Waals surface area contributed by atoms with Crippen LogP contribution in [0.2, 0.25) is 0 Å². The Morgan fingerprint density at radius 2 is 1.60 bits per heavy atom. The number of carbonyl (C=O) groups excluding carboxylic acids is 1. The molecule has 7 heteroatoms. The molecule has 128 valence electrons. The van der Waals surface area contributed by atoms with Gasteiger partial charge in [-0.25, -0.2) is 12.8 Å². The van der Waals surface area contributed by atoms with Crippen molar-refractivity contribution >= 4 is 43.3 Å². The number of nitrogens with zero attached hydrogens (tertiary/aromatic N) is 1. The lowest BCUT2D eigenvalue weighted by Gasteiger charge is -2.24. The van der Waals surface area contributed by atoms with Crippen molar-refractivity contribution in [1.82, 2.24) is 0 Å². The Balaban J connectivity index is 2.20. The quantitative estimate of drug-likeness (QED) is 0.633. The van der Waals surface area contributed by atoms with E-state index in [4.69, 9.17) is 11.6 Å². The van der Waals surface area contributed by atoms with Gasteiger partial charge in [-0.15, -0.1) is 0 Å². The van der Waals surface area contributed by atoms with E-state index in [0.29, 0.717) is 11.1 Å². The zero-order valence-electron chi connectivity index (χ0n) is 12.9. The van der Waals surface area contributed by atoms with E-state index in [-0.39, 0.29) is 4.90 Å². The topological polar surface area (TPSA) is 54.5 Å². The monoisotopic (exact) mass is 377 g/mol. The van der Waals surface area contributed by atoms with E-state index < -0.39 is 27.6 Å². The molecular formula is C18H13ClFNO3S. The summed E-state index contributed by atoms with van der Waals surface area (Å²) in [6.07, 6.45) is 0.